The molecule has 0 radical (unpaired) electrons. The molecular formula is C49H55F3N10O5. The number of H-pyrrole nitrogens is 1. The first-order chi connectivity index (χ1) is 32.3. The van der Waals surface area contributed by atoms with Gasteiger partial charge >= 0.3 is 0 Å². The highest BCUT2D eigenvalue weighted by Gasteiger charge is 2.32. The Morgan fingerprint density at radius 1 is 0.896 bits per heavy atom. The van der Waals surface area contributed by atoms with Crippen LogP contribution in [0.5, 0.6) is 5.75 Å². The molecule has 4 aliphatic heterocycles. The SMILES string of the molecule is COc1cc(N2CCC(N3CCN(c4ccc(-c5cc(C6=CCCN(C(=O)CCn7cccn7)C6)c(F)c6[nH]c(C(=O)N(C)C)cc56)c(F)c4)CC3)CC2)c(F)cc1NC1CCC(=O)NC1=O. The summed E-state index contributed by atoms with van der Waals surface area (Å²) in [5.74, 6) is -2.27. The van der Waals surface area contributed by atoms with Crippen molar-refractivity contribution in [2.75, 3.05) is 88.7 Å². The third-order valence-electron chi connectivity index (χ3n) is 13.5. The normalized spacial score (nSPS) is 18.6. The molecule has 0 saturated carbocycles. The molecule has 3 saturated heterocycles. The molecule has 67 heavy (non-hydrogen) atoms. The Kier molecular flexibility index (Phi) is 13.0. The summed E-state index contributed by atoms with van der Waals surface area (Å²) in [6.07, 6.45) is 8.31. The number of hydrogen-bond acceptors (Lipinski definition) is 10. The lowest BCUT2D eigenvalue weighted by Crippen LogP contribution is -2.53. The predicted molar refractivity (Wildman–Crippen MR) is 249 cm³/mol. The maximum Gasteiger partial charge on any atom is 0.269 e. The lowest BCUT2D eigenvalue weighted by molar-refractivity contribution is -0.134. The summed E-state index contributed by atoms with van der Waals surface area (Å²) in [6.45, 7) is 5.28. The molecule has 0 bridgehead atoms. The number of aryl methyl sites for hydroxylation is 1. The lowest BCUT2D eigenvalue weighted by atomic mass is 9.92. The molecule has 6 heterocycles. The second-order valence-corrected chi connectivity index (χ2v) is 17.9. The molecule has 1 atom stereocenters. The molecule has 0 spiro atoms. The molecule has 2 aromatic heterocycles. The fraction of sp³-hybridized carbons (Fsp3) is 0.408. The van der Waals surface area contributed by atoms with Gasteiger partial charge in [-0.25, -0.2) is 13.2 Å². The molecule has 0 aliphatic carbocycles. The van der Waals surface area contributed by atoms with Gasteiger partial charge < -0.3 is 34.6 Å². The molecular weight excluding hydrogens is 866 g/mol. The van der Waals surface area contributed by atoms with Gasteiger partial charge in [0, 0.05) is 139 Å². The Balaban J connectivity index is 0.867. The van der Waals surface area contributed by atoms with Crippen molar-refractivity contribution in [3.8, 4) is 16.9 Å². The van der Waals surface area contributed by atoms with Gasteiger partial charge in [0.25, 0.3) is 5.91 Å². The van der Waals surface area contributed by atoms with E-state index in [-0.39, 0.29) is 59.4 Å². The van der Waals surface area contributed by atoms with Crippen LogP contribution in [0, 0.1) is 17.5 Å². The van der Waals surface area contributed by atoms with Crippen LogP contribution in [0.3, 0.4) is 0 Å². The average molecular weight is 921 g/mol. The summed E-state index contributed by atoms with van der Waals surface area (Å²) < 4.78 is 56.1. The first-order valence-corrected chi connectivity index (χ1v) is 22.9. The number of carbonyl (C=O) groups excluding carboxylic acids is 4. The van der Waals surface area contributed by atoms with Crippen LogP contribution in [0.25, 0.3) is 27.6 Å². The largest absolute Gasteiger partial charge is 0.495 e. The number of piperidine rings is 2. The highest BCUT2D eigenvalue weighted by atomic mass is 19.1. The summed E-state index contributed by atoms with van der Waals surface area (Å²) in [4.78, 5) is 63.0. The van der Waals surface area contributed by atoms with E-state index in [9.17, 15) is 19.2 Å². The topological polar surface area (TPSA) is 151 Å². The molecule has 3 fully saturated rings. The Labute approximate surface area is 386 Å². The number of rotatable bonds is 12. The highest BCUT2D eigenvalue weighted by Crippen LogP contribution is 2.40. The summed E-state index contributed by atoms with van der Waals surface area (Å²) in [5.41, 5.74) is 3.32. The van der Waals surface area contributed by atoms with E-state index in [2.05, 4.69) is 30.5 Å². The molecule has 9 rings (SSSR count). The average Bonchev–Trinajstić information content (AvgIpc) is 4.04. The third kappa shape index (κ3) is 9.44. The fourth-order valence-corrected chi connectivity index (χ4v) is 9.85. The van der Waals surface area contributed by atoms with Crippen LogP contribution < -0.4 is 25.2 Å². The van der Waals surface area contributed by atoms with Crippen LogP contribution in [0.1, 0.15) is 54.6 Å². The summed E-state index contributed by atoms with van der Waals surface area (Å²) in [6, 6.07) is 12.8. The third-order valence-corrected chi connectivity index (χ3v) is 13.5. The number of halogens is 3. The number of aromatic nitrogens is 3. The zero-order valence-corrected chi connectivity index (χ0v) is 37.9. The van der Waals surface area contributed by atoms with E-state index in [4.69, 9.17) is 4.74 Å². The van der Waals surface area contributed by atoms with Gasteiger partial charge in [-0.05, 0) is 73.2 Å². The van der Waals surface area contributed by atoms with Crippen molar-refractivity contribution < 1.29 is 37.1 Å². The summed E-state index contributed by atoms with van der Waals surface area (Å²) in [5, 5.41) is 9.91. The van der Waals surface area contributed by atoms with Gasteiger partial charge in [-0.1, -0.05) is 6.08 Å². The number of nitrogens with zero attached hydrogens (tertiary/aromatic N) is 7. The van der Waals surface area contributed by atoms with Gasteiger partial charge in [-0.15, -0.1) is 0 Å². The molecule has 3 N–H and O–H groups in total. The van der Waals surface area contributed by atoms with Crippen LogP contribution in [-0.4, -0.2) is 139 Å². The van der Waals surface area contributed by atoms with E-state index < -0.39 is 29.4 Å². The van der Waals surface area contributed by atoms with Crippen molar-refractivity contribution in [3.05, 3.63) is 95.7 Å². The number of piperazine rings is 1. The van der Waals surface area contributed by atoms with E-state index in [1.807, 2.05) is 17.0 Å². The minimum absolute atomic E-state index is 0.0743. The molecule has 4 amide bonds. The first kappa shape index (κ1) is 45.3. The Morgan fingerprint density at radius 2 is 1.69 bits per heavy atom. The van der Waals surface area contributed by atoms with Crippen molar-refractivity contribution in [1.82, 2.24) is 34.8 Å². The van der Waals surface area contributed by atoms with Crippen molar-refractivity contribution in [3.63, 3.8) is 0 Å². The van der Waals surface area contributed by atoms with Crippen LogP contribution in [-0.2, 0) is 20.9 Å². The number of methoxy groups -OCH3 is 1. The molecule has 352 valence electrons. The number of anilines is 3. The van der Waals surface area contributed by atoms with Crippen LogP contribution >= 0.6 is 0 Å². The maximum atomic E-state index is 16.6. The fourth-order valence-electron chi connectivity index (χ4n) is 9.85. The van der Waals surface area contributed by atoms with E-state index in [1.165, 1.54) is 24.1 Å². The molecule has 18 heteroatoms. The quantitative estimate of drug-likeness (QED) is 0.130. The van der Waals surface area contributed by atoms with Gasteiger partial charge in [0.15, 0.2) is 5.82 Å². The van der Waals surface area contributed by atoms with Crippen LogP contribution in [0.2, 0.25) is 0 Å². The van der Waals surface area contributed by atoms with E-state index in [0.29, 0.717) is 91.8 Å². The van der Waals surface area contributed by atoms with E-state index in [0.717, 1.165) is 31.6 Å². The summed E-state index contributed by atoms with van der Waals surface area (Å²) >= 11 is 0. The number of amides is 4. The number of ether oxygens (including phenoxy) is 1. The van der Waals surface area contributed by atoms with E-state index in [1.54, 1.807) is 66.4 Å². The molecule has 5 aromatic rings. The zero-order chi connectivity index (χ0) is 46.9. The van der Waals surface area contributed by atoms with E-state index >= 15 is 13.2 Å². The molecule has 15 nitrogen and oxygen atoms in total. The highest BCUT2D eigenvalue weighted by molar-refractivity contribution is 6.05. The van der Waals surface area contributed by atoms with Gasteiger partial charge in [0.1, 0.15) is 29.1 Å². The van der Waals surface area contributed by atoms with Gasteiger partial charge in [0.05, 0.1) is 24.0 Å². The number of aromatic amines is 1. The number of hydrogen-bond donors (Lipinski definition) is 3. The van der Waals surface area contributed by atoms with Gasteiger partial charge in [-0.2, -0.15) is 5.10 Å². The molecule has 1 unspecified atom stereocenters. The van der Waals surface area contributed by atoms with Crippen molar-refractivity contribution in [1.29, 1.82) is 0 Å². The number of fused-ring (bicyclic) bond motifs is 1. The lowest BCUT2D eigenvalue weighted by Gasteiger charge is -2.44. The number of benzene rings is 3. The van der Waals surface area contributed by atoms with Gasteiger partial charge in [-0.3, -0.25) is 34.1 Å². The molecule has 3 aromatic carbocycles. The van der Waals surface area contributed by atoms with Crippen molar-refractivity contribution in [2.45, 2.75) is 57.2 Å². The Bertz CT molecular complexity index is 2720. The van der Waals surface area contributed by atoms with Crippen molar-refractivity contribution >= 4 is 57.2 Å². The van der Waals surface area contributed by atoms with Crippen LogP contribution in [0.15, 0.2) is 67.0 Å². The second-order valence-electron chi connectivity index (χ2n) is 17.9. The smallest absolute Gasteiger partial charge is 0.269 e. The van der Waals surface area contributed by atoms with Crippen LogP contribution in [0.4, 0.5) is 30.2 Å². The zero-order valence-electron chi connectivity index (χ0n) is 37.9. The standard InChI is InChI=1S/C49H55F3N10O5/c1-57(2)49(66)41-26-36-35(25-34(46(52)47(36)55-41)30-6-4-15-61(29-30)45(64)13-19-62-16-5-14-53-62)33-8-7-32(24-37(33)50)59-22-20-58(21-23-59)31-11-17-60(18-12-31)42-28-43(67-3)40(27-38(42)51)54-39-9-10-44(63)56-48(39)65/h5-8,14,16,24-28,31,39,54-55H,4,9-13,15,17-23,29H2,1-3H3,(H,56,63,65). The second kappa shape index (κ2) is 19.2. The number of imide groups is 1. The number of nitrogens with one attached hydrogen (secondary N) is 3. The Hall–Kier alpha value is -6.82. The number of carbonyl (C=O) groups is 4. The minimum atomic E-state index is -0.671. The molecule has 4 aliphatic rings. The maximum absolute atomic E-state index is 16.6. The Morgan fingerprint density at radius 3 is 2.39 bits per heavy atom. The van der Waals surface area contributed by atoms with Crippen molar-refractivity contribution in [2.24, 2.45) is 0 Å². The van der Waals surface area contributed by atoms with Gasteiger partial charge in [0.2, 0.25) is 17.7 Å². The summed E-state index contributed by atoms with van der Waals surface area (Å²) in [7, 11) is 4.71. The first-order valence-electron chi connectivity index (χ1n) is 22.9. The predicted octanol–water partition coefficient (Wildman–Crippen LogP) is 5.87. The minimum Gasteiger partial charge on any atom is -0.495 e. The monoisotopic (exact) mass is 920 g/mol.